The molecule has 0 bridgehead atoms. The molecule has 5 nitrogen and oxygen atoms in total. The van der Waals surface area contributed by atoms with Gasteiger partial charge < -0.3 is 5.11 Å². The predicted octanol–water partition coefficient (Wildman–Crippen LogP) is 1.35. The predicted molar refractivity (Wildman–Crippen MR) is 62.8 cm³/mol. The van der Waals surface area contributed by atoms with Gasteiger partial charge in [0.1, 0.15) is 0 Å². The van der Waals surface area contributed by atoms with Gasteiger partial charge in [-0.1, -0.05) is 19.8 Å². The van der Waals surface area contributed by atoms with Crippen LogP contribution in [-0.4, -0.2) is 31.8 Å². The Bertz CT molecular complexity index is 287. The first kappa shape index (κ1) is 15.4. The first-order valence-electron chi connectivity index (χ1n) is 5.67. The molecule has 6 heteroatoms. The van der Waals surface area contributed by atoms with Gasteiger partial charge >= 0.3 is 5.97 Å². The van der Waals surface area contributed by atoms with Gasteiger partial charge in [-0.2, -0.15) is 0 Å². The van der Waals surface area contributed by atoms with E-state index in [2.05, 4.69) is 4.72 Å². The minimum absolute atomic E-state index is 0.155. The zero-order valence-corrected chi connectivity index (χ0v) is 10.6. The summed E-state index contributed by atoms with van der Waals surface area (Å²) in [6.45, 7) is 2.35. The van der Waals surface area contributed by atoms with E-state index >= 15 is 0 Å². The molecule has 0 saturated heterocycles. The fourth-order valence-electron chi connectivity index (χ4n) is 1.21. The standard InChI is InChI=1S/C10H21NO4S/c1-2-3-9-16(14,15)11-8-6-4-5-7-10(12)13/h11H,2-9H2,1H3,(H,12,13). The normalized spacial score (nSPS) is 11.6. The summed E-state index contributed by atoms with van der Waals surface area (Å²) in [7, 11) is -3.11. The van der Waals surface area contributed by atoms with Gasteiger partial charge in [0.15, 0.2) is 0 Å². The number of carboxylic acids is 1. The Morgan fingerprint density at radius 1 is 1.19 bits per heavy atom. The largest absolute Gasteiger partial charge is 0.481 e. The lowest BCUT2D eigenvalue weighted by Gasteiger charge is -2.05. The van der Waals surface area contributed by atoms with Crippen molar-refractivity contribution in [3.63, 3.8) is 0 Å². The molecule has 0 aromatic rings. The molecular formula is C10H21NO4S. The summed E-state index contributed by atoms with van der Waals surface area (Å²) in [5.41, 5.74) is 0. The Morgan fingerprint density at radius 3 is 2.44 bits per heavy atom. The molecule has 96 valence electrons. The van der Waals surface area contributed by atoms with Crippen LogP contribution in [0.4, 0.5) is 0 Å². The van der Waals surface area contributed by atoms with Crippen molar-refractivity contribution in [3.05, 3.63) is 0 Å². The van der Waals surface area contributed by atoms with Gasteiger partial charge in [0.25, 0.3) is 0 Å². The lowest BCUT2D eigenvalue weighted by molar-refractivity contribution is -0.137. The first-order valence-corrected chi connectivity index (χ1v) is 7.32. The molecule has 0 fully saturated rings. The maximum atomic E-state index is 11.3. The summed E-state index contributed by atoms with van der Waals surface area (Å²) in [6, 6.07) is 0. The summed E-state index contributed by atoms with van der Waals surface area (Å²) in [4.78, 5) is 10.2. The van der Waals surface area contributed by atoms with Crippen LogP contribution in [0.1, 0.15) is 45.4 Å². The average Bonchev–Trinajstić information content (AvgIpc) is 2.20. The van der Waals surface area contributed by atoms with E-state index in [1.807, 2.05) is 6.92 Å². The van der Waals surface area contributed by atoms with E-state index in [4.69, 9.17) is 5.11 Å². The van der Waals surface area contributed by atoms with E-state index in [9.17, 15) is 13.2 Å². The van der Waals surface area contributed by atoms with Crippen molar-refractivity contribution in [2.45, 2.75) is 45.4 Å². The van der Waals surface area contributed by atoms with Gasteiger partial charge in [0.2, 0.25) is 10.0 Å². The summed E-state index contributed by atoms with van der Waals surface area (Å²) in [5.74, 6) is -0.623. The number of hydrogen-bond donors (Lipinski definition) is 2. The number of rotatable bonds is 10. The van der Waals surface area contributed by atoms with E-state index in [0.29, 0.717) is 25.8 Å². The van der Waals surface area contributed by atoms with E-state index in [1.54, 1.807) is 0 Å². The van der Waals surface area contributed by atoms with Crippen LogP contribution in [-0.2, 0) is 14.8 Å². The number of nitrogens with one attached hydrogen (secondary N) is 1. The molecule has 0 unspecified atom stereocenters. The van der Waals surface area contributed by atoms with Gasteiger partial charge in [0, 0.05) is 13.0 Å². The molecule has 0 radical (unpaired) electrons. The Labute approximate surface area is 97.3 Å². The Kier molecular flexibility index (Phi) is 8.19. The second-order valence-electron chi connectivity index (χ2n) is 3.77. The van der Waals surface area contributed by atoms with Gasteiger partial charge in [0.05, 0.1) is 5.75 Å². The molecule has 0 amide bonds. The summed E-state index contributed by atoms with van der Waals surface area (Å²) in [6.07, 6.45) is 3.73. The van der Waals surface area contributed by atoms with Crippen LogP contribution in [0.5, 0.6) is 0 Å². The van der Waals surface area contributed by atoms with Crippen molar-refractivity contribution < 1.29 is 18.3 Å². The molecule has 16 heavy (non-hydrogen) atoms. The molecular weight excluding hydrogens is 230 g/mol. The monoisotopic (exact) mass is 251 g/mol. The highest BCUT2D eigenvalue weighted by atomic mass is 32.2. The number of hydrogen-bond acceptors (Lipinski definition) is 3. The number of carbonyl (C=O) groups is 1. The molecule has 0 aliphatic rings. The second-order valence-corrected chi connectivity index (χ2v) is 5.70. The third kappa shape index (κ3) is 9.92. The quantitative estimate of drug-likeness (QED) is 0.574. The molecule has 0 spiro atoms. The SMILES string of the molecule is CCCCS(=O)(=O)NCCCCCC(=O)O. The number of unbranched alkanes of at least 4 members (excludes halogenated alkanes) is 3. The minimum atomic E-state index is -3.11. The topological polar surface area (TPSA) is 83.5 Å². The van der Waals surface area contributed by atoms with Crippen LogP contribution in [0.3, 0.4) is 0 Å². The Balaban J connectivity index is 3.47. The molecule has 0 aliphatic heterocycles. The number of carboxylic acid groups (broad SMARTS) is 1. The third-order valence-corrected chi connectivity index (χ3v) is 3.63. The van der Waals surface area contributed by atoms with Gasteiger partial charge in [-0.25, -0.2) is 13.1 Å². The lowest BCUT2D eigenvalue weighted by Crippen LogP contribution is -2.27. The van der Waals surface area contributed by atoms with Crippen LogP contribution >= 0.6 is 0 Å². The van der Waals surface area contributed by atoms with Crippen LogP contribution < -0.4 is 4.72 Å². The molecule has 0 heterocycles. The summed E-state index contributed by atoms with van der Waals surface area (Å²) < 4.78 is 25.2. The van der Waals surface area contributed by atoms with Gasteiger partial charge in [-0.3, -0.25) is 4.79 Å². The fourth-order valence-corrected chi connectivity index (χ4v) is 2.48. The molecule has 0 atom stereocenters. The van der Waals surface area contributed by atoms with E-state index < -0.39 is 16.0 Å². The second kappa shape index (κ2) is 8.52. The first-order chi connectivity index (χ1) is 7.48. The van der Waals surface area contributed by atoms with Crippen LogP contribution in [0.2, 0.25) is 0 Å². The Morgan fingerprint density at radius 2 is 1.88 bits per heavy atom. The molecule has 0 aliphatic carbocycles. The van der Waals surface area contributed by atoms with Crippen molar-refractivity contribution in [3.8, 4) is 0 Å². The highest BCUT2D eigenvalue weighted by Crippen LogP contribution is 2.00. The highest BCUT2D eigenvalue weighted by molar-refractivity contribution is 7.89. The van der Waals surface area contributed by atoms with Gasteiger partial charge in [-0.15, -0.1) is 0 Å². The number of sulfonamides is 1. The Hall–Kier alpha value is -0.620. The third-order valence-electron chi connectivity index (χ3n) is 2.16. The molecule has 0 saturated carbocycles. The van der Waals surface area contributed by atoms with E-state index in [1.165, 1.54) is 0 Å². The maximum absolute atomic E-state index is 11.3. The zero-order chi connectivity index (χ0) is 12.4. The molecule has 0 aromatic heterocycles. The molecule has 2 N–H and O–H groups in total. The van der Waals surface area contributed by atoms with Crippen LogP contribution in [0, 0.1) is 0 Å². The van der Waals surface area contributed by atoms with E-state index in [0.717, 1.165) is 12.8 Å². The number of aliphatic carboxylic acids is 1. The van der Waals surface area contributed by atoms with Crippen molar-refractivity contribution in [2.24, 2.45) is 0 Å². The van der Waals surface area contributed by atoms with E-state index in [-0.39, 0.29) is 12.2 Å². The van der Waals surface area contributed by atoms with Gasteiger partial charge in [-0.05, 0) is 19.3 Å². The maximum Gasteiger partial charge on any atom is 0.303 e. The highest BCUT2D eigenvalue weighted by Gasteiger charge is 2.07. The molecule has 0 rings (SSSR count). The average molecular weight is 251 g/mol. The lowest BCUT2D eigenvalue weighted by atomic mass is 10.2. The molecule has 0 aromatic carbocycles. The van der Waals surface area contributed by atoms with Crippen LogP contribution in [0.25, 0.3) is 0 Å². The van der Waals surface area contributed by atoms with Crippen molar-refractivity contribution in [1.82, 2.24) is 4.72 Å². The van der Waals surface area contributed by atoms with Crippen LogP contribution in [0.15, 0.2) is 0 Å². The summed E-state index contributed by atoms with van der Waals surface area (Å²) >= 11 is 0. The zero-order valence-electron chi connectivity index (χ0n) is 9.74. The van der Waals surface area contributed by atoms with Crippen molar-refractivity contribution >= 4 is 16.0 Å². The summed E-state index contributed by atoms with van der Waals surface area (Å²) in [5, 5.41) is 8.38. The van der Waals surface area contributed by atoms with Crippen molar-refractivity contribution in [2.75, 3.05) is 12.3 Å². The van der Waals surface area contributed by atoms with Crippen molar-refractivity contribution in [1.29, 1.82) is 0 Å². The fraction of sp³-hybridized carbons (Fsp3) is 0.900. The smallest absolute Gasteiger partial charge is 0.303 e. The minimum Gasteiger partial charge on any atom is -0.481 e.